The molecule has 0 fully saturated rings. The van der Waals surface area contributed by atoms with E-state index in [0.717, 1.165) is 16.9 Å². The van der Waals surface area contributed by atoms with Crippen LogP contribution in [0.4, 0.5) is 4.39 Å². The van der Waals surface area contributed by atoms with Gasteiger partial charge in [-0.15, -0.1) is 0 Å². The van der Waals surface area contributed by atoms with E-state index in [1.165, 1.54) is 12.1 Å². The Balaban J connectivity index is 2.00. The Morgan fingerprint density at radius 2 is 1.95 bits per heavy atom. The van der Waals surface area contributed by atoms with E-state index in [0.29, 0.717) is 11.4 Å². The second-order valence-electron chi connectivity index (χ2n) is 4.61. The summed E-state index contributed by atoms with van der Waals surface area (Å²) in [6.07, 6.45) is 0. The molecule has 0 radical (unpaired) electrons. The van der Waals surface area contributed by atoms with Gasteiger partial charge in [0.25, 0.3) is 5.89 Å². The number of pyridine rings is 1. The Morgan fingerprint density at radius 3 is 2.68 bits per heavy atom. The van der Waals surface area contributed by atoms with E-state index < -0.39 is 5.95 Å². The predicted molar refractivity (Wildman–Crippen MR) is 79.2 cm³/mol. The second kappa shape index (κ2) is 5.73. The lowest BCUT2D eigenvalue weighted by Gasteiger charge is -2.04. The fourth-order valence-electron chi connectivity index (χ4n) is 2.01. The van der Waals surface area contributed by atoms with Crippen LogP contribution >= 0.6 is 11.6 Å². The molecule has 0 unspecified atom stereocenters. The zero-order valence-electron chi connectivity index (χ0n) is 11.8. The fourth-order valence-corrected chi connectivity index (χ4v) is 2.20. The third-order valence-electron chi connectivity index (χ3n) is 3.10. The number of methoxy groups -OCH3 is 1. The SMILES string of the molecule is COc1cc(-c2noc(-c3cc(F)nc(Cl)c3)n2)ccc1C. The molecule has 0 amide bonds. The Labute approximate surface area is 130 Å². The van der Waals surface area contributed by atoms with Crippen molar-refractivity contribution in [1.29, 1.82) is 0 Å². The molecule has 22 heavy (non-hydrogen) atoms. The van der Waals surface area contributed by atoms with Crippen LogP contribution in [-0.2, 0) is 0 Å². The fraction of sp³-hybridized carbons (Fsp3) is 0.133. The van der Waals surface area contributed by atoms with E-state index in [-0.39, 0.29) is 11.0 Å². The molecule has 112 valence electrons. The molecule has 0 saturated heterocycles. The Hall–Kier alpha value is -2.47. The van der Waals surface area contributed by atoms with Crippen LogP contribution in [0.5, 0.6) is 5.75 Å². The summed E-state index contributed by atoms with van der Waals surface area (Å²) in [7, 11) is 1.59. The van der Waals surface area contributed by atoms with Gasteiger partial charge in [-0.25, -0.2) is 4.98 Å². The highest BCUT2D eigenvalue weighted by molar-refractivity contribution is 6.29. The van der Waals surface area contributed by atoms with Crippen molar-refractivity contribution in [3.63, 3.8) is 0 Å². The number of aromatic nitrogens is 3. The highest BCUT2D eigenvalue weighted by atomic mass is 35.5. The summed E-state index contributed by atoms with van der Waals surface area (Å²) in [6.45, 7) is 1.94. The van der Waals surface area contributed by atoms with Gasteiger partial charge in [-0.2, -0.15) is 9.37 Å². The predicted octanol–water partition coefficient (Wildman–Crippen LogP) is 3.91. The van der Waals surface area contributed by atoms with Gasteiger partial charge in [0.2, 0.25) is 11.8 Å². The average molecular weight is 320 g/mol. The second-order valence-corrected chi connectivity index (χ2v) is 5.00. The average Bonchev–Trinajstić information content (AvgIpc) is 2.96. The van der Waals surface area contributed by atoms with Gasteiger partial charge in [-0.1, -0.05) is 28.9 Å². The molecule has 0 aliphatic heterocycles. The van der Waals surface area contributed by atoms with E-state index in [2.05, 4.69) is 15.1 Å². The van der Waals surface area contributed by atoms with E-state index in [4.69, 9.17) is 20.9 Å². The van der Waals surface area contributed by atoms with Gasteiger partial charge in [0.05, 0.1) is 7.11 Å². The summed E-state index contributed by atoms with van der Waals surface area (Å²) < 4.78 is 23.7. The molecule has 0 atom stereocenters. The van der Waals surface area contributed by atoms with E-state index in [1.807, 2.05) is 25.1 Å². The van der Waals surface area contributed by atoms with Crippen LogP contribution in [0.2, 0.25) is 5.15 Å². The summed E-state index contributed by atoms with van der Waals surface area (Å²) in [5.41, 5.74) is 2.10. The molecule has 0 spiro atoms. The maximum atomic E-state index is 13.3. The topological polar surface area (TPSA) is 61.0 Å². The van der Waals surface area contributed by atoms with Crippen molar-refractivity contribution in [3.05, 3.63) is 47.0 Å². The molecule has 0 bridgehead atoms. The lowest BCUT2D eigenvalue weighted by Crippen LogP contribution is -1.89. The van der Waals surface area contributed by atoms with Crippen LogP contribution in [0, 0.1) is 12.9 Å². The zero-order chi connectivity index (χ0) is 15.7. The maximum Gasteiger partial charge on any atom is 0.258 e. The van der Waals surface area contributed by atoms with Gasteiger partial charge < -0.3 is 9.26 Å². The van der Waals surface area contributed by atoms with Crippen molar-refractivity contribution in [2.24, 2.45) is 0 Å². The molecule has 0 N–H and O–H groups in total. The van der Waals surface area contributed by atoms with Crippen molar-refractivity contribution < 1.29 is 13.7 Å². The maximum absolute atomic E-state index is 13.3. The van der Waals surface area contributed by atoms with Gasteiger partial charge in [0.15, 0.2) is 0 Å². The molecular weight excluding hydrogens is 309 g/mol. The van der Waals surface area contributed by atoms with Gasteiger partial charge in [0.1, 0.15) is 10.9 Å². The molecule has 0 aliphatic rings. The largest absolute Gasteiger partial charge is 0.496 e. The molecule has 1 aromatic carbocycles. The summed E-state index contributed by atoms with van der Waals surface area (Å²) in [5, 5.41) is 3.92. The third-order valence-corrected chi connectivity index (χ3v) is 3.30. The van der Waals surface area contributed by atoms with Crippen LogP contribution in [0.25, 0.3) is 22.8 Å². The summed E-state index contributed by atoms with van der Waals surface area (Å²) in [4.78, 5) is 7.70. The van der Waals surface area contributed by atoms with E-state index >= 15 is 0 Å². The van der Waals surface area contributed by atoms with Crippen molar-refractivity contribution >= 4 is 11.6 Å². The number of hydrogen-bond acceptors (Lipinski definition) is 5. The van der Waals surface area contributed by atoms with Gasteiger partial charge in [-0.05, 0) is 24.6 Å². The number of benzene rings is 1. The summed E-state index contributed by atoms with van der Waals surface area (Å²) >= 11 is 5.72. The third kappa shape index (κ3) is 2.78. The van der Waals surface area contributed by atoms with Gasteiger partial charge in [-0.3, -0.25) is 0 Å². The first-order valence-electron chi connectivity index (χ1n) is 6.39. The monoisotopic (exact) mass is 319 g/mol. The molecule has 2 aromatic heterocycles. The minimum atomic E-state index is -0.709. The Bertz CT molecular complexity index is 815. The first-order chi connectivity index (χ1) is 10.6. The smallest absolute Gasteiger partial charge is 0.258 e. The number of aryl methyl sites for hydroxylation is 1. The summed E-state index contributed by atoms with van der Waals surface area (Å²) in [5.74, 6) is 0.556. The van der Waals surface area contributed by atoms with Gasteiger partial charge >= 0.3 is 0 Å². The van der Waals surface area contributed by atoms with Crippen molar-refractivity contribution in [2.45, 2.75) is 6.92 Å². The van der Waals surface area contributed by atoms with Crippen LogP contribution in [0.1, 0.15) is 5.56 Å². The standard InChI is InChI=1S/C15H11ClFN3O2/c1-8-3-4-9(5-11(8)21-2)14-19-15(22-20-14)10-6-12(16)18-13(17)7-10/h3-7H,1-2H3. The molecule has 0 saturated carbocycles. The summed E-state index contributed by atoms with van der Waals surface area (Å²) in [6, 6.07) is 8.19. The first kappa shape index (κ1) is 14.5. The normalized spacial score (nSPS) is 10.7. The van der Waals surface area contributed by atoms with Crippen molar-refractivity contribution in [1.82, 2.24) is 15.1 Å². The van der Waals surface area contributed by atoms with Crippen LogP contribution in [-0.4, -0.2) is 22.2 Å². The minimum Gasteiger partial charge on any atom is -0.496 e. The number of hydrogen-bond donors (Lipinski definition) is 0. The number of halogens is 2. The molecule has 2 heterocycles. The molecular formula is C15H11ClFN3O2. The van der Waals surface area contributed by atoms with E-state index in [9.17, 15) is 4.39 Å². The van der Waals surface area contributed by atoms with Crippen LogP contribution in [0.15, 0.2) is 34.9 Å². The number of nitrogens with zero attached hydrogens (tertiary/aromatic N) is 3. The highest BCUT2D eigenvalue weighted by Crippen LogP contribution is 2.27. The first-order valence-corrected chi connectivity index (χ1v) is 6.77. The molecule has 7 heteroatoms. The lowest BCUT2D eigenvalue weighted by atomic mass is 10.1. The van der Waals surface area contributed by atoms with Crippen molar-refractivity contribution in [3.8, 4) is 28.6 Å². The van der Waals surface area contributed by atoms with Crippen molar-refractivity contribution in [2.75, 3.05) is 7.11 Å². The minimum absolute atomic E-state index is 0.0201. The van der Waals surface area contributed by atoms with E-state index in [1.54, 1.807) is 7.11 Å². The molecule has 3 rings (SSSR count). The lowest BCUT2D eigenvalue weighted by molar-refractivity contribution is 0.411. The quantitative estimate of drug-likeness (QED) is 0.685. The highest BCUT2D eigenvalue weighted by Gasteiger charge is 2.14. The van der Waals surface area contributed by atoms with Gasteiger partial charge in [0, 0.05) is 17.2 Å². The molecule has 0 aliphatic carbocycles. The molecule has 3 aromatic rings. The Kier molecular flexibility index (Phi) is 3.77. The zero-order valence-corrected chi connectivity index (χ0v) is 12.6. The van der Waals surface area contributed by atoms with Crippen LogP contribution in [0.3, 0.4) is 0 Å². The number of rotatable bonds is 3. The number of ether oxygens (including phenoxy) is 1. The Morgan fingerprint density at radius 1 is 1.14 bits per heavy atom. The molecule has 5 nitrogen and oxygen atoms in total. The van der Waals surface area contributed by atoms with Crippen LogP contribution < -0.4 is 4.74 Å².